The third-order valence-corrected chi connectivity index (χ3v) is 1.78. The Labute approximate surface area is 118 Å². The highest BCUT2D eigenvalue weighted by molar-refractivity contribution is 5.81. The lowest BCUT2D eigenvalue weighted by Crippen LogP contribution is -2.10. The summed E-state index contributed by atoms with van der Waals surface area (Å²) in [6.45, 7) is 7.14. The summed E-state index contributed by atoms with van der Waals surface area (Å²) >= 11 is 0. The molecule has 110 valence electrons. The maximum absolute atomic E-state index is 10.7. The number of hydrogen-bond donors (Lipinski definition) is 1. The van der Waals surface area contributed by atoms with E-state index in [1.54, 1.807) is 38.1 Å². The van der Waals surface area contributed by atoms with Crippen LogP contribution in [-0.2, 0) is 9.53 Å². The van der Waals surface area contributed by atoms with E-state index in [0.717, 1.165) is 12.4 Å². The Bertz CT molecular complexity index is 406. The van der Waals surface area contributed by atoms with Crippen LogP contribution in [-0.4, -0.2) is 36.7 Å². The molecule has 20 heavy (non-hydrogen) atoms. The van der Waals surface area contributed by atoms with E-state index in [-0.39, 0.29) is 19.3 Å². The summed E-state index contributed by atoms with van der Waals surface area (Å²) in [7, 11) is 0. The van der Waals surface area contributed by atoms with Gasteiger partial charge in [0.2, 0.25) is 0 Å². The number of ether oxygens (including phenoxy) is 2. The van der Waals surface area contributed by atoms with Gasteiger partial charge in [-0.05, 0) is 38.1 Å². The first-order valence-corrected chi connectivity index (χ1v) is 6.15. The molecule has 1 aromatic rings. The van der Waals surface area contributed by atoms with Gasteiger partial charge < -0.3 is 14.6 Å². The molecule has 1 N–H and O–H groups in total. The largest absolute Gasteiger partial charge is 0.490 e. The number of carbonyl (C=O) groups is 2. The van der Waals surface area contributed by atoms with Crippen LogP contribution in [0, 0.1) is 0 Å². The van der Waals surface area contributed by atoms with Crippen molar-refractivity contribution in [3.05, 3.63) is 42.5 Å². The maximum Gasteiger partial charge on any atom is 0.330 e. The SMILES string of the molecule is C=CC(=O)OCCOc1ccc(C=O)cc1.CC(C)O. The summed E-state index contributed by atoms with van der Waals surface area (Å²) in [5.74, 6) is 0.153. The van der Waals surface area contributed by atoms with Crippen molar-refractivity contribution in [1.82, 2.24) is 0 Å². The van der Waals surface area contributed by atoms with Crippen LogP contribution in [0.15, 0.2) is 36.9 Å². The van der Waals surface area contributed by atoms with Crippen molar-refractivity contribution >= 4 is 12.3 Å². The fraction of sp³-hybridized carbons (Fsp3) is 0.333. The van der Waals surface area contributed by atoms with Crippen molar-refractivity contribution in [3.63, 3.8) is 0 Å². The lowest BCUT2D eigenvalue weighted by molar-refractivity contribution is -0.138. The highest BCUT2D eigenvalue weighted by Gasteiger charge is 1.97. The number of carbonyl (C=O) groups excluding carboxylic acids is 2. The second kappa shape index (κ2) is 10.8. The van der Waals surface area contributed by atoms with Gasteiger partial charge in [-0.25, -0.2) is 4.79 Å². The number of esters is 1. The fourth-order valence-electron chi connectivity index (χ4n) is 1.00. The third kappa shape index (κ3) is 9.85. The molecule has 0 aliphatic heterocycles. The van der Waals surface area contributed by atoms with Crippen molar-refractivity contribution in [1.29, 1.82) is 0 Å². The van der Waals surface area contributed by atoms with Crippen LogP contribution >= 0.6 is 0 Å². The van der Waals surface area contributed by atoms with E-state index in [1.165, 1.54) is 0 Å². The van der Waals surface area contributed by atoms with Crippen LogP contribution in [0.4, 0.5) is 0 Å². The zero-order valence-corrected chi connectivity index (χ0v) is 11.7. The molecule has 0 radical (unpaired) electrons. The van der Waals surface area contributed by atoms with Gasteiger partial charge in [0.1, 0.15) is 25.2 Å². The molecule has 0 aliphatic rings. The van der Waals surface area contributed by atoms with Gasteiger partial charge in [-0.15, -0.1) is 0 Å². The molecule has 0 heterocycles. The summed E-state index contributed by atoms with van der Waals surface area (Å²) in [5, 5.41) is 8.06. The van der Waals surface area contributed by atoms with E-state index in [2.05, 4.69) is 6.58 Å². The second-order valence-electron chi connectivity index (χ2n) is 4.00. The van der Waals surface area contributed by atoms with Crippen molar-refractivity contribution in [2.75, 3.05) is 13.2 Å². The topological polar surface area (TPSA) is 72.8 Å². The molecule has 1 aromatic carbocycles. The smallest absolute Gasteiger partial charge is 0.330 e. The zero-order valence-electron chi connectivity index (χ0n) is 11.7. The highest BCUT2D eigenvalue weighted by Crippen LogP contribution is 2.10. The number of rotatable bonds is 6. The molecular weight excluding hydrogens is 260 g/mol. The Morgan fingerprint density at radius 1 is 1.30 bits per heavy atom. The minimum atomic E-state index is -0.472. The van der Waals surface area contributed by atoms with Gasteiger partial charge in [0.05, 0.1) is 0 Å². The summed E-state index contributed by atoms with van der Waals surface area (Å²) in [4.78, 5) is 21.1. The average molecular weight is 280 g/mol. The first-order chi connectivity index (χ1) is 9.49. The van der Waals surface area contributed by atoms with Crippen molar-refractivity contribution in [3.8, 4) is 5.75 Å². The molecule has 0 unspecified atom stereocenters. The fourth-order valence-corrected chi connectivity index (χ4v) is 1.00. The lowest BCUT2D eigenvalue weighted by Gasteiger charge is -2.05. The van der Waals surface area contributed by atoms with Gasteiger partial charge >= 0.3 is 5.97 Å². The Morgan fingerprint density at radius 2 is 1.85 bits per heavy atom. The van der Waals surface area contributed by atoms with Crippen LogP contribution in [0.5, 0.6) is 5.75 Å². The minimum Gasteiger partial charge on any atom is -0.490 e. The van der Waals surface area contributed by atoms with E-state index in [0.29, 0.717) is 11.3 Å². The van der Waals surface area contributed by atoms with Crippen molar-refractivity contribution in [2.45, 2.75) is 20.0 Å². The van der Waals surface area contributed by atoms with E-state index < -0.39 is 5.97 Å². The van der Waals surface area contributed by atoms with E-state index >= 15 is 0 Å². The standard InChI is InChI=1S/C12H12O4.C3H8O/c1-2-12(14)16-8-7-15-11-5-3-10(9-13)4-6-11;1-3(2)4/h2-6,9H,1,7-8H2;3-4H,1-2H3. The van der Waals surface area contributed by atoms with Crippen molar-refractivity contribution in [2.24, 2.45) is 0 Å². The van der Waals surface area contributed by atoms with Crippen LogP contribution in [0.2, 0.25) is 0 Å². The lowest BCUT2D eigenvalue weighted by atomic mass is 10.2. The summed E-state index contributed by atoms with van der Waals surface area (Å²) in [5.41, 5.74) is 0.588. The van der Waals surface area contributed by atoms with Crippen LogP contribution in [0.3, 0.4) is 0 Å². The van der Waals surface area contributed by atoms with Crippen LogP contribution < -0.4 is 4.74 Å². The predicted molar refractivity (Wildman–Crippen MR) is 75.8 cm³/mol. The van der Waals surface area contributed by atoms with Gasteiger partial charge in [-0.2, -0.15) is 0 Å². The van der Waals surface area contributed by atoms with E-state index in [1.807, 2.05) is 0 Å². The van der Waals surface area contributed by atoms with E-state index in [9.17, 15) is 9.59 Å². The first-order valence-electron chi connectivity index (χ1n) is 6.15. The molecule has 0 bridgehead atoms. The quantitative estimate of drug-likeness (QED) is 0.373. The van der Waals surface area contributed by atoms with Gasteiger partial charge in [0.15, 0.2) is 0 Å². The van der Waals surface area contributed by atoms with Crippen LogP contribution in [0.1, 0.15) is 24.2 Å². The predicted octanol–water partition coefficient (Wildman–Crippen LogP) is 1.99. The Morgan fingerprint density at radius 3 is 2.30 bits per heavy atom. The average Bonchev–Trinajstić information content (AvgIpc) is 2.43. The van der Waals surface area contributed by atoms with Gasteiger partial charge in [0.25, 0.3) is 0 Å². The molecule has 5 nitrogen and oxygen atoms in total. The van der Waals surface area contributed by atoms with Crippen LogP contribution in [0.25, 0.3) is 0 Å². The molecule has 0 amide bonds. The third-order valence-electron chi connectivity index (χ3n) is 1.78. The number of aldehydes is 1. The monoisotopic (exact) mass is 280 g/mol. The Kier molecular flexibility index (Phi) is 9.60. The van der Waals surface area contributed by atoms with Gasteiger partial charge in [-0.1, -0.05) is 6.58 Å². The molecule has 0 atom stereocenters. The molecule has 0 aliphatic carbocycles. The normalized spacial score (nSPS) is 9.20. The maximum atomic E-state index is 10.7. The first kappa shape index (κ1) is 17.9. The van der Waals surface area contributed by atoms with E-state index in [4.69, 9.17) is 14.6 Å². The molecular formula is C15H20O5. The Balaban J connectivity index is 0.000000796. The molecule has 0 saturated heterocycles. The zero-order chi connectivity index (χ0) is 15.4. The summed E-state index contributed by atoms with van der Waals surface area (Å²) in [6, 6.07) is 6.66. The highest BCUT2D eigenvalue weighted by atomic mass is 16.6. The molecule has 0 fully saturated rings. The Hall–Kier alpha value is -2.14. The molecule has 0 spiro atoms. The molecule has 0 saturated carbocycles. The number of aliphatic hydroxyl groups excluding tert-OH is 1. The minimum absolute atomic E-state index is 0.167. The molecule has 0 aromatic heterocycles. The summed E-state index contributed by atoms with van der Waals surface area (Å²) < 4.78 is 9.99. The van der Waals surface area contributed by atoms with Gasteiger partial charge in [-0.3, -0.25) is 4.79 Å². The van der Waals surface area contributed by atoms with Gasteiger partial charge in [0, 0.05) is 17.7 Å². The molecule has 5 heteroatoms. The number of aliphatic hydroxyl groups is 1. The van der Waals surface area contributed by atoms with Crippen molar-refractivity contribution < 1.29 is 24.2 Å². The second-order valence-corrected chi connectivity index (χ2v) is 4.00. The molecule has 1 rings (SSSR count). The number of hydrogen-bond acceptors (Lipinski definition) is 5. The summed E-state index contributed by atoms with van der Waals surface area (Å²) in [6.07, 6.45) is 1.69. The number of benzene rings is 1.